The van der Waals surface area contributed by atoms with Crippen LogP contribution in [0.1, 0.15) is 16.0 Å². The highest BCUT2D eigenvalue weighted by Gasteiger charge is 2.13. The molecule has 0 atom stereocenters. The Balaban J connectivity index is 1.78. The van der Waals surface area contributed by atoms with Gasteiger partial charge in [-0.1, -0.05) is 12.1 Å². The molecule has 0 saturated heterocycles. The van der Waals surface area contributed by atoms with Crippen molar-refractivity contribution in [2.45, 2.75) is 26.8 Å². The SMILES string of the molecule is Cc1sc2ncn(CC(=O)Nc3ccc(CC#N)cc3)c(=O)c2c1C. The van der Waals surface area contributed by atoms with E-state index in [0.717, 1.165) is 16.0 Å². The first-order valence-corrected chi connectivity index (χ1v) is 8.52. The highest BCUT2D eigenvalue weighted by molar-refractivity contribution is 7.18. The molecule has 1 amide bonds. The first-order chi connectivity index (χ1) is 12.0. The number of nitrogens with zero attached hydrogens (tertiary/aromatic N) is 3. The molecule has 0 radical (unpaired) electrons. The lowest BCUT2D eigenvalue weighted by Gasteiger charge is -2.08. The van der Waals surface area contributed by atoms with E-state index in [1.165, 1.54) is 22.2 Å². The molecular formula is C18H16N4O2S. The van der Waals surface area contributed by atoms with E-state index >= 15 is 0 Å². The maximum atomic E-state index is 12.6. The lowest BCUT2D eigenvalue weighted by molar-refractivity contribution is -0.116. The van der Waals surface area contributed by atoms with Crippen molar-refractivity contribution in [2.24, 2.45) is 0 Å². The van der Waals surface area contributed by atoms with E-state index in [9.17, 15) is 9.59 Å². The van der Waals surface area contributed by atoms with Crippen LogP contribution in [-0.2, 0) is 17.8 Å². The number of anilines is 1. The number of hydrogen-bond donors (Lipinski definition) is 1. The first-order valence-electron chi connectivity index (χ1n) is 7.70. The number of nitrogens with one attached hydrogen (secondary N) is 1. The maximum Gasteiger partial charge on any atom is 0.262 e. The second kappa shape index (κ2) is 6.87. The Bertz CT molecular complexity index is 1040. The second-order valence-corrected chi connectivity index (χ2v) is 6.92. The minimum atomic E-state index is -0.305. The van der Waals surface area contributed by atoms with E-state index < -0.39 is 0 Å². The lowest BCUT2D eigenvalue weighted by Crippen LogP contribution is -2.27. The van der Waals surface area contributed by atoms with E-state index in [1.807, 2.05) is 13.8 Å². The Labute approximate surface area is 148 Å². The number of aromatic nitrogens is 2. The molecule has 1 N–H and O–H groups in total. The summed E-state index contributed by atoms with van der Waals surface area (Å²) in [5.41, 5.74) is 2.22. The summed E-state index contributed by atoms with van der Waals surface area (Å²) < 4.78 is 1.32. The van der Waals surface area contributed by atoms with E-state index in [0.29, 0.717) is 22.3 Å². The van der Waals surface area contributed by atoms with E-state index in [4.69, 9.17) is 5.26 Å². The number of fused-ring (bicyclic) bond motifs is 1. The molecule has 0 unspecified atom stereocenters. The van der Waals surface area contributed by atoms with Gasteiger partial charge < -0.3 is 5.32 Å². The van der Waals surface area contributed by atoms with Gasteiger partial charge in [-0.05, 0) is 37.1 Å². The zero-order valence-electron chi connectivity index (χ0n) is 13.9. The summed E-state index contributed by atoms with van der Waals surface area (Å²) in [6.45, 7) is 3.74. The molecule has 6 nitrogen and oxygen atoms in total. The van der Waals surface area contributed by atoms with Gasteiger partial charge in [-0.2, -0.15) is 5.26 Å². The number of benzene rings is 1. The number of hydrogen-bond acceptors (Lipinski definition) is 5. The number of aryl methyl sites for hydroxylation is 2. The average molecular weight is 352 g/mol. The number of carbonyl (C=O) groups excluding carboxylic acids is 1. The van der Waals surface area contributed by atoms with Gasteiger partial charge in [0, 0.05) is 10.6 Å². The molecule has 126 valence electrons. The molecular weight excluding hydrogens is 336 g/mol. The van der Waals surface area contributed by atoms with Crippen LogP contribution in [0.5, 0.6) is 0 Å². The fourth-order valence-electron chi connectivity index (χ4n) is 2.54. The monoisotopic (exact) mass is 352 g/mol. The summed E-state index contributed by atoms with van der Waals surface area (Å²) in [4.78, 5) is 30.8. The molecule has 0 spiro atoms. The van der Waals surface area contributed by atoms with Crippen LogP contribution in [0.3, 0.4) is 0 Å². The van der Waals surface area contributed by atoms with E-state index in [1.54, 1.807) is 24.3 Å². The molecule has 7 heteroatoms. The fourth-order valence-corrected chi connectivity index (χ4v) is 3.52. The molecule has 0 aliphatic carbocycles. The maximum absolute atomic E-state index is 12.6. The minimum absolute atomic E-state index is 0.101. The van der Waals surface area contributed by atoms with Gasteiger partial charge in [-0.3, -0.25) is 14.2 Å². The van der Waals surface area contributed by atoms with Crippen LogP contribution in [0.15, 0.2) is 35.4 Å². The minimum Gasteiger partial charge on any atom is -0.325 e. The molecule has 25 heavy (non-hydrogen) atoms. The fraction of sp³-hybridized carbons (Fsp3) is 0.222. The molecule has 1 aromatic carbocycles. The number of thiophene rings is 1. The highest BCUT2D eigenvalue weighted by Crippen LogP contribution is 2.25. The van der Waals surface area contributed by atoms with E-state index in [2.05, 4.69) is 16.4 Å². The van der Waals surface area contributed by atoms with Gasteiger partial charge >= 0.3 is 0 Å². The molecule has 2 aromatic heterocycles. The van der Waals surface area contributed by atoms with Crippen LogP contribution < -0.4 is 10.9 Å². The first kappa shape index (κ1) is 16.9. The van der Waals surface area contributed by atoms with Crippen LogP contribution >= 0.6 is 11.3 Å². The third-order valence-corrected chi connectivity index (χ3v) is 5.11. The highest BCUT2D eigenvalue weighted by atomic mass is 32.1. The summed E-state index contributed by atoms with van der Waals surface area (Å²) in [5, 5.41) is 12.0. The Morgan fingerprint density at radius 1 is 1.32 bits per heavy atom. The van der Waals surface area contributed by atoms with Gasteiger partial charge in [0.2, 0.25) is 5.91 Å². The van der Waals surface area contributed by atoms with Gasteiger partial charge in [0.25, 0.3) is 5.56 Å². The van der Waals surface area contributed by atoms with Crippen LogP contribution in [0.25, 0.3) is 10.2 Å². The Kier molecular flexibility index (Phi) is 4.63. The number of rotatable bonds is 4. The van der Waals surface area contributed by atoms with Crippen molar-refractivity contribution in [3.63, 3.8) is 0 Å². The quantitative estimate of drug-likeness (QED) is 0.782. The summed E-state index contributed by atoms with van der Waals surface area (Å²) >= 11 is 1.48. The molecule has 0 aliphatic heterocycles. The molecule has 0 fully saturated rings. The molecule has 3 rings (SSSR count). The third-order valence-electron chi connectivity index (χ3n) is 3.99. The van der Waals surface area contributed by atoms with Crippen molar-refractivity contribution in [2.75, 3.05) is 5.32 Å². The van der Waals surface area contributed by atoms with Crippen LogP contribution in [0.2, 0.25) is 0 Å². The van der Waals surface area contributed by atoms with Crippen LogP contribution in [0.4, 0.5) is 5.69 Å². The van der Waals surface area contributed by atoms with Gasteiger partial charge in [0.15, 0.2) is 0 Å². The van der Waals surface area contributed by atoms with Gasteiger partial charge in [-0.15, -0.1) is 11.3 Å². The zero-order chi connectivity index (χ0) is 18.0. The van der Waals surface area contributed by atoms with Gasteiger partial charge in [0.05, 0.1) is 24.2 Å². The number of carbonyl (C=O) groups is 1. The van der Waals surface area contributed by atoms with E-state index in [-0.39, 0.29) is 18.0 Å². The Morgan fingerprint density at radius 3 is 2.72 bits per heavy atom. The summed E-state index contributed by atoms with van der Waals surface area (Å²) in [6.07, 6.45) is 1.74. The summed E-state index contributed by atoms with van der Waals surface area (Å²) in [5.74, 6) is -0.305. The van der Waals surface area contributed by atoms with Crippen molar-refractivity contribution in [3.8, 4) is 6.07 Å². The second-order valence-electron chi connectivity index (χ2n) is 5.72. The molecule has 0 aliphatic rings. The molecule has 2 heterocycles. The van der Waals surface area contributed by atoms with Crippen molar-refractivity contribution < 1.29 is 4.79 Å². The lowest BCUT2D eigenvalue weighted by atomic mass is 10.1. The van der Waals surface area contributed by atoms with Crippen LogP contribution in [-0.4, -0.2) is 15.5 Å². The van der Waals surface area contributed by atoms with Crippen LogP contribution in [0, 0.1) is 25.2 Å². The smallest absolute Gasteiger partial charge is 0.262 e. The molecule has 3 aromatic rings. The molecule has 0 saturated carbocycles. The van der Waals surface area contributed by atoms with Crippen molar-refractivity contribution in [3.05, 3.63) is 57.0 Å². The molecule has 0 bridgehead atoms. The topological polar surface area (TPSA) is 87.8 Å². The zero-order valence-corrected chi connectivity index (χ0v) is 14.7. The Hall–Kier alpha value is -2.98. The summed E-state index contributed by atoms with van der Waals surface area (Å²) in [6, 6.07) is 9.12. The van der Waals surface area contributed by atoms with Gasteiger partial charge in [-0.25, -0.2) is 4.98 Å². The normalized spacial score (nSPS) is 10.6. The third kappa shape index (κ3) is 3.44. The number of amides is 1. The van der Waals surface area contributed by atoms with Gasteiger partial charge in [0.1, 0.15) is 11.4 Å². The largest absolute Gasteiger partial charge is 0.325 e. The predicted octanol–water partition coefficient (Wildman–Crippen LogP) is 2.78. The van der Waals surface area contributed by atoms with Crippen molar-refractivity contribution >= 4 is 33.1 Å². The standard InChI is InChI=1S/C18H16N4O2S/c1-11-12(2)25-17-16(11)18(24)22(10-20-17)9-15(23)21-14-5-3-13(4-6-14)7-8-19/h3-6,10H,7,9H2,1-2H3,(H,21,23). The number of nitriles is 1. The summed E-state index contributed by atoms with van der Waals surface area (Å²) in [7, 11) is 0. The average Bonchev–Trinajstić information content (AvgIpc) is 2.87. The predicted molar refractivity (Wildman–Crippen MR) is 97.7 cm³/mol. The van der Waals surface area contributed by atoms with Crippen molar-refractivity contribution in [1.82, 2.24) is 9.55 Å². The Morgan fingerprint density at radius 2 is 2.04 bits per heavy atom. The van der Waals surface area contributed by atoms with Crippen molar-refractivity contribution in [1.29, 1.82) is 5.26 Å².